The van der Waals surface area contributed by atoms with E-state index in [9.17, 15) is 9.59 Å². The molecular formula is C9H17NO3. The van der Waals surface area contributed by atoms with Gasteiger partial charge in [0.2, 0.25) is 5.91 Å². The van der Waals surface area contributed by atoms with Crippen LogP contribution in [-0.4, -0.2) is 35.0 Å². The minimum Gasteiger partial charge on any atom is -0.480 e. The number of carboxylic acids is 1. The van der Waals surface area contributed by atoms with E-state index >= 15 is 0 Å². The number of hydrogen-bond acceptors (Lipinski definition) is 2. The smallest absolute Gasteiger partial charge is 0.326 e. The number of carboxylic acid groups (broad SMARTS) is 1. The van der Waals surface area contributed by atoms with Crippen LogP contribution in [0.25, 0.3) is 0 Å². The number of nitrogens with zero attached hydrogens (tertiary/aromatic N) is 1. The summed E-state index contributed by atoms with van der Waals surface area (Å²) < 4.78 is 0. The Morgan fingerprint density at radius 2 is 1.85 bits per heavy atom. The molecule has 0 aliphatic carbocycles. The third kappa shape index (κ3) is 3.05. The van der Waals surface area contributed by atoms with Gasteiger partial charge in [-0.2, -0.15) is 0 Å². The molecule has 0 heterocycles. The molecule has 0 aromatic rings. The van der Waals surface area contributed by atoms with E-state index in [1.807, 2.05) is 0 Å². The number of carbonyl (C=O) groups is 2. The largest absolute Gasteiger partial charge is 0.480 e. The molecule has 0 aromatic heterocycles. The number of aliphatic carboxylic acids is 1. The first-order valence-electron chi connectivity index (χ1n) is 4.40. The highest BCUT2D eigenvalue weighted by Gasteiger charge is 2.28. The predicted molar refractivity (Wildman–Crippen MR) is 49.3 cm³/mol. The molecule has 0 spiro atoms. The molecular weight excluding hydrogens is 170 g/mol. The summed E-state index contributed by atoms with van der Waals surface area (Å²) in [6.07, 6.45) is 0.340. The van der Waals surface area contributed by atoms with Crippen molar-refractivity contribution in [2.24, 2.45) is 5.92 Å². The molecule has 0 fully saturated rings. The van der Waals surface area contributed by atoms with Crippen LogP contribution in [0.5, 0.6) is 0 Å². The Bertz CT molecular complexity index is 201. The summed E-state index contributed by atoms with van der Waals surface area (Å²) in [5.74, 6) is -1.15. The average Bonchev–Trinajstić information content (AvgIpc) is 2.01. The Kier molecular flexibility index (Phi) is 4.45. The Labute approximate surface area is 78.5 Å². The van der Waals surface area contributed by atoms with Gasteiger partial charge in [0.25, 0.3) is 0 Å². The molecule has 0 radical (unpaired) electrons. The molecule has 0 saturated heterocycles. The molecule has 0 aromatic carbocycles. The number of hydrogen-bond donors (Lipinski definition) is 1. The second-order valence-electron chi connectivity index (χ2n) is 3.39. The Morgan fingerprint density at radius 1 is 1.38 bits per heavy atom. The van der Waals surface area contributed by atoms with E-state index in [4.69, 9.17) is 5.11 Å². The van der Waals surface area contributed by atoms with Gasteiger partial charge in [0.15, 0.2) is 0 Å². The molecule has 0 bridgehead atoms. The van der Waals surface area contributed by atoms with E-state index in [1.165, 1.54) is 11.9 Å². The van der Waals surface area contributed by atoms with Gasteiger partial charge in [-0.3, -0.25) is 4.79 Å². The minimum absolute atomic E-state index is 0.0713. The first-order valence-corrected chi connectivity index (χ1v) is 4.40. The van der Waals surface area contributed by atoms with Crippen LogP contribution in [0.1, 0.15) is 27.2 Å². The predicted octanol–water partition coefficient (Wildman–Crippen LogP) is 0.964. The second-order valence-corrected chi connectivity index (χ2v) is 3.39. The topological polar surface area (TPSA) is 57.6 Å². The molecule has 13 heavy (non-hydrogen) atoms. The fourth-order valence-electron chi connectivity index (χ4n) is 1.30. The number of rotatable bonds is 4. The van der Waals surface area contributed by atoms with Crippen molar-refractivity contribution in [3.8, 4) is 0 Å². The van der Waals surface area contributed by atoms with Gasteiger partial charge in [0.1, 0.15) is 6.04 Å². The molecule has 1 N–H and O–H groups in total. The fourth-order valence-corrected chi connectivity index (χ4v) is 1.30. The first-order chi connectivity index (χ1) is 5.91. The molecule has 4 heteroatoms. The van der Waals surface area contributed by atoms with Crippen LogP contribution in [0.2, 0.25) is 0 Å². The van der Waals surface area contributed by atoms with Crippen LogP contribution in [0.3, 0.4) is 0 Å². The summed E-state index contributed by atoms with van der Waals surface area (Å²) in [5, 5.41) is 8.86. The molecule has 4 nitrogen and oxygen atoms in total. The first kappa shape index (κ1) is 11.9. The molecule has 1 atom stereocenters. The number of likely N-dealkylation sites (N-methyl/N-ethyl adjacent to an activating group) is 1. The Morgan fingerprint density at radius 3 is 2.08 bits per heavy atom. The van der Waals surface area contributed by atoms with Crippen molar-refractivity contribution in [1.29, 1.82) is 0 Å². The van der Waals surface area contributed by atoms with Crippen molar-refractivity contribution in [2.45, 2.75) is 33.2 Å². The average molecular weight is 187 g/mol. The zero-order valence-electron chi connectivity index (χ0n) is 8.57. The summed E-state index contributed by atoms with van der Waals surface area (Å²) in [6.45, 7) is 5.30. The zero-order chi connectivity index (χ0) is 10.6. The van der Waals surface area contributed by atoms with Crippen LogP contribution in [0.4, 0.5) is 0 Å². The highest BCUT2D eigenvalue weighted by atomic mass is 16.4. The van der Waals surface area contributed by atoms with E-state index < -0.39 is 12.0 Å². The highest BCUT2D eigenvalue weighted by Crippen LogP contribution is 2.10. The second kappa shape index (κ2) is 4.84. The standard InChI is InChI=1S/C9H17NO3/c1-5-7(11)10(4)8(6(2)3)9(12)13/h6,8H,5H2,1-4H3,(H,12,13)/t8-/m0/s1. The van der Waals surface area contributed by atoms with Gasteiger partial charge in [0, 0.05) is 13.5 Å². The van der Waals surface area contributed by atoms with E-state index in [-0.39, 0.29) is 11.8 Å². The van der Waals surface area contributed by atoms with Crippen molar-refractivity contribution in [3.05, 3.63) is 0 Å². The highest BCUT2D eigenvalue weighted by molar-refractivity contribution is 5.83. The van der Waals surface area contributed by atoms with Crippen molar-refractivity contribution in [2.75, 3.05) is 7.05 Å². The van der Waals surface area contributed by atoms with Crippen molar-refractivity contribution >= 4 is 11.9 Å². The summed E-state index contributed by atoms with van der Waals surface area (Å²) >= 11 is 0. The summed E-state index contributed by atoms with van der Waals surface area (Å²) in [5.41, 5.74) is 0. The maximum atomic E-state index is 11.2. The van der Waals surface area contributed by atoms with E-state index in [2.05, 4.69) is 0 Å². The lowest BCUT2D eigenvalue weighted by Gasteiger charge is -2.27. The lowest BCUT2D eigenvalue weighted by Crippen LogP contribution is -2.45. The molecule has 0 aliphatic rings. The van der Waals surface area contributed by atoms with Gasteiger partial charge in [-0.1, -0.05) is 20.8 Å². The third-order valence-corrected chi connectivity index (χ3v) is 2.00. The van der Waals surface area contributed by atoms with Crippen LogP contribution in [-0.2, 0) is 9.59 Å². The van der Waals surface area contributed by atoms with Gasteiger partial charge in [0.05, 0.1) is 0 Å². The normalized spacial score (nSPS) is 12.7. The summed E-state index contributed by atoms with van der Waals surface area (Å²) in [4.78, 5) is 23.3. The minimum atomic E-state index is -0.945. The van der Waals surface area contributed by atoms with Gasteiger partial charge < -0.3 is 10.0 Å². The third-order valence-electron chi connectivity index (χ3n) is 2.00. The lowest BCUT2D eigenvalue weighted by atomic mass is 10.0. The molecule has 1 amide bonds. The lowest BCUT2D eigenvalue weighted by molar-refractivity contribution is -0.150. The van der Waals surface area contributed by atoms with Gasteiger partial charge in [-0.15, -0.1) is 0 Å². The monoisotopic (exact) mass is 187 g/mol. The molecule has 0 unspecified atom stereocenters. The van der Waals surface area contributed by atoms with Crippen LogP contribution in [0, 0.1) is 5.92 Å². The maximum absolute atomic E-state index is 11.2. The maximum Gasteiger partial charge on any atom is 0.326 e. The zero-order valence-corrected chi connectivity index (χ0v) is 8.57. The number of carbonyl (C=O) groups excluding carboxylic acids is 1. The Balaban J connectivity index is 4.55. The molecule has 0 saturated carbocycles. The van der Waals surface area contributed by atoms with Gasteiger partial charge in [-0.25, -0.2) is 4.79 Å². The summed E-state index contributed by atoms with van der Waals surface area (Å²) in [7, 11) is 1.53. The SMILES string of the molecule is CCC(=O)N(C)[C@H](C(=O)O)C(C)C. The van der Waals surface area contributed by atoms with Crippen LogP contribution in [0.15, 0.2) is 0 Å². The van der Waals surface area contributed by atoms with E-state index in [0.29, 0.717) is 6.42 Å². The van der Waals surface area contributed by atoms with Gasteiger partial charge >= 0.3 is 5.97 Å². The van der Waals surface area contributed by atoms with E-state index in [0.717, 1.165) is 0 Å². The summed E-state index contributed by atoms with van der Waals surface area (Å²) in [6, 6.07) is -0.715. The quantitative estimate of drug-likeness (QED) is 0.713. The van der Waals surface area contributed by atoms with Crippen molar-refractivity contribution < 1.29 is 14.7 Å². The van der Waals surface area contributed by atoms with Crippen molar-refractivity contribution in [1.82, 2.24) is 4.90 Å². The molecule has 0 rings (SSSR count). The Hall–Kier alpha value is -1.06. The molecule has 76 valence electrons. The molecule has 0 aliphatic heterocycles. The fraction of sp³-hybridized carbons (Fsp3) is 0.778. The van der Waals surface area contributed by atoms with Crippen molar-refractivity contribution in [3.63, 3.8) is 0 Å². The number of amides is 1. The van der Waals surface area contributed by atoms with Crippen LogP contribution >= 0.6 is 0 Å². The van der Waals surface area contributed by atoms with Crippen LogP contribution < -0.4 is 0 Å². The van der Waals surface area contributed by atoms with E-state index in [1.54, 1.807) is 20.8 Å². The van der Waals surface area contributed by atoms with Gasteiger partial charge in [-0.05, 0) is 5.92 Å².